The van der Waals surface area contributed by atoms with Crippen LogP contribution < -0.4 is 5.32 Å². The van der Waals surface area contributed by atoms with Gasteiger partial charge in [0.25, 0.3) is 0 Å². The van der Waals surface area contributed by atoms with E-state index >= 15 is 0 Å². The number of carbonyl (C=O) groups is 2. The van der Waals surface area contributed by atoms with Crippen molar-refractivity contribution in [3.8, 4) is 6.07 Å². The number of rotatable bonds is 3. The number of fused-ring (bicyclic) bond motifs is 1. The fourth-order valence-corrected chi connectivity index (χ4v) is 4.95. The molecule has 3 rings (SSSR count). The van der Waals surface area contributed by atoms with Crippen molar-refractivity contribution in [3.63, 3.8) is 0 Å². The zero-order chi connectivity index (χ0) is 18.7. The predicted molar refractivity (Wildman–Crippen MR) is 103 cm³/mol. The van der Waals surface area contributed by atoms with Crippen LogP contribution in [0.15, 0.2) is 29.3 Å². The summed E-state index contributed by atoms with van der Waals surface area (Å²) in [6.07, 6.45) is 5.41. The van der Waals surface area contributed by atoms with Crippen LogP contribution in [-0.4, -0.2) is 28.5 Å². The standard InChI is InChI=1S/C20H23N3O2S/c1-13-7-8-15(11-14(13)2)22-18(24)12-23-19(9-10-21)26-17-6-4-3-5-16(17)20(23)25/h7-9,11,16-17H,3-6,12H2,1-2H3,(H,22,24)/b19-9-. The molecule has 1 aromatic rings. The third-order valence-electron chi connectivity index (χ3n) is 5.10. The molecule has 1 aromatic carbocycles. The number of hydrogen-bond acceptors (Lipinski definition) is 4. The molecular weight excluding hydrogens is 346 g/mol. The van der Waals surface area contributed by atoms with Gasteiger partial charge in [0.2, 0.25) is 11.8 Å². The highest BCUT2D eigenvalue weighted by molar-refractivity contribution is 8.03. The van der Waals surface area contributed by atoms with Crippen molar-refractivity contribution in [2.75, 3.05) is 11.9 Å². The van der Waals surface area contributed by atoms with Crippen LogP contribution >= 0.6 is 11.8 Å². The third-order valence-corrected chi connectivity index (χ3v) is 6.55. The first kappa shape index (κ1) is 18.5. The van der Waals surface area contributed by atoms with Crippen LogP contribution in [0, 0.1) is 31.1 Å². The van der Waals surface area contributed by atoms with Crippen LogP contribution in [0.1, 0.15) is 36.8 Å². The van der Waals surface area contributed by atoms with E-state index in [1.54, 1.807) is 11.8 Å². The number of amides is 2. The largest absolute Gasteiger partial charge is 0.325 e. The summed E-state index contributed by atoms with van der Waals surface area (Å²) in [4.78, 5) is 26.9. The van der Waals surface area contributed by atoms with Gasteiger partial charge in [-0.1, -0.05) is 18.9 Å². The fraction of sp³-hybridized carbons (Fsp3) is 0.450. The summed E-state index contributed by atoms with van der Waals surface area (Å²) in [5, 5.41) is 12.8. The minimum atomic E-state index is -0.250. The second kappa shape index (κ2) is 7.96. The van der Waals surface area contributed by atoms with Crippen LogP contribution in [0.25, 0.3) is 0 Å². The highest BCUT2D eigenvalue weighted by Gasteiger charge is 2.41. The molecule has 2 atom stereocenters. The molecule has 2 aliphatic rings. The maximum atomic E-state index is 12.9. The number of nitriles is 1. The van der Waals surface area contributed by atoms with Crippen molar-refractivity contribution in [2.24, 2.45) is 5.92 Å². The van der Waals surface area contributed by atoms with Gasteiger partial charge < -0.3 is 5.32 Å². The molecule has 1 saturated heterocycles. The summed E-state index contributed by atoms with van der Waals surface area (Å²) in [5.41, 5.74) is 2.98. The van der Waals surface area contributed by atoms with Crippen molar-refractivity contribution < 1.29 is 9.59 Å². The summed E-state index contributed by atoms with van der Waals surface area (Å²) in [7, 11) is 0. The number of anilines is 1. The Morgan fingerprint density at radius 2 is 2.12 bits per heavy atom. The number of carbonyl (C=O) groups excluding carboxylic acids is 2. The number of allylic oxidation sites excluding steroid dienone is 1. The summed E-state index contributed by atoms with van der Waals surface area (Å²) < 4.78 is 0. The molecule has 0 spiro atoms. The third kappa shape index (κ3) is 3.94. The molecule has 1 heterocycles. The molecule has 1 aliphatic carbocycles. The van der Waals surface area contributed by atoms with Crippen molar-refractivity contribution >= 4 is 29.3 Å². The van der Waals surface area contributed by atoms with Crippen LogP contribution in [0.5, 0.6) is 0 Å². The molecule has 1 N–H and O–H groups in total. The first-order valence-electron chi connectivity index (χ1n) is 8.94. The number of benzene rings is 1. The molecule has 0 bridgehead atoms. The van der Waals surface area contributed by atoms with Gasteiger partial charge in [-0.2, -0.15) is 5.26 Å². The second-order valence-electron chi connectivity index (χ2n) is 6.93. The van der Waals surface area contributed by atoms with Gasteiger partial charge in [-0.25, -0.2) is 0 Å². The number of hydrogen-bond donors (Lipinski definition) is 1. The van der Waals surface area contributed by atoms with Crippen LogP contribution in [0.4, 0.5) is 5.69 Å². The molecule has 2 unspecified atom stereocenters. The molecule has 1 aliphatic heterocycles. The number of thioether (sulfide) groups is 1. The Morgan fingerprint density at radius 3 is 2.85 bits per heavy atom. The van der Waals surface area contributed by atoms with Crippen LogP contribution in [0.3, 0.4) is 0 Å². The highest BCUT2D eigenvalue weighted by atomic mass is 32.2. The topological polar surface area (TPSA) is 73.2 Å². The summed E-state index contributed by atoms with van der Waals surface area (Å²) in [5.74, 6) is -0.315. The first-order valence-corrected chi connectivity index (χ1v) is 9.82. The van der Waals surface area contributed by atoms with E-state index in [1.807, 2.05) is 38.1 Å². The number of nitrogens with one attached hydrogen (secondary N) is 1. The van der Waals surface area contributed by atoms with Gasteiger partial charge in [0, 0.05) is 17.0 Å². The van der Waals surface area contributed by atoms with E-state index in [9.17, 15) is 9.59 Å². The zero-order valence-corrected chi connectivity index (χ0v) is 15.9. The molecule has 136 valence electrons. The van der Waals surface area contributed by atoms with Crippen molar-refractivity contribution in [1.29, 1.82) is 5.26 Å². The monoisotopic (exact) mass is 369 g/mol. The Kier molecular flexibility index (Phi) is 5.67. The molecule has 26 heavy (non-hydrogen) atoms. The van der Waals surface area contributed by atoms with E-state index in [2.05, 4.69) is 5.32 Å². The highest BCUT2D eigenvalue weighted by Crippen LogP contribution is 2.43. The molecule has 2 fully saturated rings. The molecule has 1 saturated carbocycles. The Bertz CT molecular complexity index is 797. The zero-order valence-electron chi connectivity index (χ0n) is 15.1. The van der Waals surface area contributed by atoms with E-state index in [0.29, 0.717) is 5.03 Å². The Morgan fingerprint density at radius 1 is 1.35 bits per heavy atom. The van der Waals surface area contributed by atoms with Gasteiger partial charge in [0.15, 0.2) is 0 Å². The molecular formula is C20H23N3O2S. The van der Waals surface area contributed by atoms with E-state index in [0.717, 1.165) is 42.5 Å². The van der Waals surface area contributed by atoms with Crippen LogP contribution in [0.2, 0.25) is 0 Å². The van der Waals surface area contributed by atoms with Crippen LogP contribution in [-0.2, 0) is 9.59 Å². The van der Waals surface area contributed by atoms with Gasteiger partial charge >= 0.3 is 0 Å². The quantitative estimate of drug-likeness (QED) is 0.824. The molecule has 0 radical (unpaired) electrons. The average Bonchev–Trinajstić information content (AvgIpc) is 2.62. The maximum Gasteiger partial charge on any atom is 0.244 e. The molecule has 5 nitrogen and oxygen atoms in total. The normalized spacial score (nSPS) is 24.1. The lowest BCUT2D eigenvalue weighted by molar-refractivity contribution is -0.137. The molecule has 6 heteroatoms. The maximum absolute atomic E-state index is 12.9. The lowest BCUT2D eigenvalue weighted by atomic mass is 9.87. The Balaban J connectivity index is 1.74. The van der Waals surface area contributed by atoms with Gasteiger partial charge in [-0.05, 0) is 49.9 Å². The summed E-state index contributed by atoms with van der Waals surface area (Å²) >= 11 is 1.57. The van der Waals surface area contributed by atoms with Gasteiger partial charge in [0.1, 0.15) is 6.54 Å². The predicted octanol–water partition coefficient (Wildman–Crippen LogP) is 3.74. The lowest BCUT2D eigenvalue weighted by Crippen LogP contribution is -2.47. The summed E-state index contributed by atoms with van der Waals surface area (Å²) in [6, 6.07) is 7.75. The number of aryl methyl sites for hydroxylation is 2. The van der Waals surface area contributed by atoms with Crippen molar-refractivity contribution in [2.45, 2.75) is 44.8 Å². The summed E-state index contributed by atoms with van der Waals surface area (Å²) in [6.45, 7) is 3.95. The van der Waals surface area contributed by atoms with E-state index in [-0.39, 0.29) is 29.5 Å². The van der Waals surface area contributed by atoms with Gasteiger partial charge in [-0.3, -0.25) is 14.5 Å². The fourth-order valence-electron chi connectivity index (χ4n) is 3.53. The van der Waals surface area contributed by atoms with Crippen molar-refractivity contribution in [3.05, 3.63) is 40.4 Å². The molecule has 2 amide bonds. The minimum absolute atomic E-state index is 0.0230. The Labute approximate surface area is 158 Å². The van der Waals surface area contributed by atoms with Gasteiger partial charge in [0.05, 0.1) is 17.0 Å². The van der Waals surface area contributed by atoms with E-state index in [4.69, 9.17) is 5.26 Å². The van der Waals surface area contributed by atoms with Gasteiger partial charge in [-0.15, -0.1) is 11.8 Å². The SMILES string of the molecule is Cc1ccc(NC(=O)CN2C(=O)C3CCCCC3S/C2=C\C#N)cc1C. The molecule has 0 aromatic heterocycles. The Hall–Kier alpha value is -2.26. The lowest BCUT2D eigenvalue weighted by Gasteiger charge is -2.40. The van der Waals surface area contributed by atoms with Crippen molar-refractivity contribution in [1.82, 2.24) is 4.90 Å². The number of nitrogens with zero attached hydrogens (tertiary/aromatic N) is 2. The smallest absolute Gasteiger partial charge is 0.244 e. The van der Waals surface area contributed by atoms with E-state index in [1.165, 1.54) is 11.0 Å². The van der Waals surface area contributed by atoms with E-state index < -0.39 is 0 Å². The second-order valence-corrected chi connectivity index (χ2v) is 8.19. The minimum Gasteiger partial charge on any atom is -0.325 e. The average molecular weight is 369 g/mol. The first-order chi connectivity index (χ1) is 12.5.